The number of rotatable bonds is 5. The topological polar surface area (TPSA) is 21.3 Å². The fourth-order valence-corrected chi connectivity index (χ4v) is 2.95. The van der Waals surface area contributed by atoms with Gasteiger partial charge in [0.25, 0.3) is 0 Å². The SMILES string of the molecule is CNCC(OC1CCC(C)(C)CC1)c1ccc(C)cc1. The van der Waals surface area contributed by atoms with Crippen molar-refractivity contribution in [2.45, 2.75) is 58.7 Å². The van der Waals surface area contributed by atoms with E-state index >= 15 is 0 Å². The van der Waals surface area contributed by atoms with Gasteiger partial charge in [0.1, 0.15) is 0 Å². The minimum atomic E-state index is 0.173. The van der Waals surface area contributed by atoms with Gasteiger partial charge in [-0.3, -0.25) is 0 Å². The van der Waals surface area contributed by atoms with Crippen LogP contribution in [-0.2, 0) is 4.74 Å². The molecule has 0 aromatic heterocycles. The normalized spacial score (nSPS) is 20.8. The predicted molar refractivity (Wildman–Crippen MR) is 85.0 cm³/mol. The summed E-state index contributed by atoms with van der Waals surface area (Å²) in [6, 6.07) is 8.74. The van der Waals surface area contributed by atoms with Crippen molar-refractivity contribution in [3.63, 3.8) is 0 Å². The van der Waals surface area contributed by atoms with Gasteiger partial charge in [-0.2, -0.15) is 0 Å². The van der Waals surface area contributed by atoms with E-state index in [2.05, 4.69) is 50.4 Å². The highest BCUT2D eigenvalue weighted by Gasteiger charge is 2.29. The fraction of sp³-hybridized carbons (Fsp3) is 0.667. The van der Waals surface area contributed by atoms with Crippen LogP contribution in [0.5, 0.6) is 0 Å². The smallest absolute Gasteiger partial charge is 0.0952 e. The second-order valence-electron chi connectivity index (χ2n) is 6.96. The van der Waals surface area contributed by atoms with Gasteiger partial charge in [0.15, 0.2) is 0 Å². The molecule has 2 rings (SSSR count). The second kappa shape index (κ2) is 6.73. The molecule has 1 fully saturated rings. The largest absolute Gasteiger partial charge is 0.369 e. The molecule has 2 nitrogen and oxygen atoms in total. The number of nitrogens with one attached hydrogen (secondary N) is 1. The zero-order valence-corrected chi connectivity index (χ0v) is 13.4. The lowest BCUT2D eigenvalue weighted by atomic mass is 9.76. The summed E-state index contributed by atoms with van der Waals surface area (Å²) in [5.41, 5.74) is 3.09. The Morgan fingerprint density at radius 2 is 1.80 bits per heavy atom. The molecule has 0 spiro atoms. The molecule has 1 N–H and O–H groups in total. The van der Waals surface area contributed by atoms with Gasteiger partial charge in [-0.1, -0.05) is 43.7 Å². The van der Waals surface area contributed by atoms with Crippen molar-refractivity contribution in [1.29, 1.82) is 0 Å². The Hall–Kier alpha value is -0.860. The van der Waals surface area contributed by atoms with E-state index < -0.39 is 0 Å². The van der Waals surface area contributed by atoms with Crippen molar-refractivity contribution >= 4 is 0 Å². The van der Waals surface area contributed by atoms with Gasteiger partial charge in [-0.15, -0.1) is 0 Å². The third-order valence-electron chi connectivity index (χ3n) is 4.48. The second-order valence-corrected chi connectivity index (χ2v) is 6.96. The van der Waals surface area contributed by atoms with Crippen molar-refractivity contribution in [1.82, 2.24) is 5.32 Å². The third-order valence-corrected chi connectivity index (χ3v) is 4.48. The van der Waals surface area contributed by atoms with E-state index in [0.29, 0.717) is 11.5 Å². The number of likely N-dealkylation sites (N-methyl/N-ethyl adjacent to an activating group) is 1. The van der Waals surface area contributed by atoms with E-state index in [1.807, 2.05) is 7.05 Å². The Morgan fingerprint density at radius 1 is 1.20 bits per heavy atom. The highest BCUT2D eigenvalue weighted by Crippen LogP contribution is 2.37. The molecular weight excluding hydrogens is 246 g/mol. The van der Waals surface area contributed by atoms with Crippen LogP contribution in [0.2, 0.25) is 0 Å². The minimum absolute atomic E-state index is 0.173. The fourth-order valence-electron chi connectivity index (χ4n) is 2.95. The van der Waals surface area contributed by atoms with Gasteiger partial charge in [0.05, 0.1) is 12.2 Å². The standard InChI is InChI=1S/C18H29NO/c1-14-5-7-15(8-6-14)17(13-19-4)20-16-9-11-18(2,3)12-10-16/h5-8,16-17,19H,9-13H2,1-4H3. The van der Waals surface area contributed by atoms with Crippen LogP contribution in [0, 0.1) is 12.3 Å². The first kappa shape index (κ1) is 15.5. The molecule has 0 saturated heterocycles. The van der Waals surface area contributed by atoms with Gasteiger partial charge in [-0.05, 0) is 50.6 Å². The van der Waals surface area contributed by atoms with Crippen LogP contribution >= 0.6 is 0 Å². The molecule has 1 aromatic rings. The molecule has 0 radical (unpaired) electrons. The van der Waals surface area contributed by atoms with Crippen LogP contribution in [-0.4, -0.2) is 19.7 Å². The molecule has 0 aliphatic heterocycles. The number of benzene rings is 1. The van der Waals surface area contributed by atoms with E-state index in [4.69, 9.17) is 4.74 Å². The molecule has 1 unspecified atom stereocenters. The Kier molecular flexibility index (Phi) is 5.22. The monoisotopic (exact) mass is 275 g/mol. The Morgan fingerprint density at radius 3 is 2.35 bits per heavy atom. The lowest BCUT2D eigenvalue weighted by molar-refractivity contribution is -0.0454. The Bertz CT molecular complexity index is 400. The van der Waals surface area contributed by atoms with E-state index in [0.717, 1.165) is 6.54 Å². The van der Waals surface area contributed by atoms with E-state index in [9.17, 15) is 0 Å². The van der Waals surface area contributed by atoms with Gasteiger partial charge in [0, 0.05) is 6.54 Å². The molecule has 0 heterocycles. The minimum Gasteiger partial charge on any atom is -0.369 e. The van der Waals surface area contributed by atoms with E-state index in [-0.39, 0.29) is 6.10 Å². The van der Waals surface area contributed by atoms with Crippen LogP contribution in [0.1, 0.15) is 56.8 Å². The highest BCUT2D eigenvalue weighted by molar-refractivity contribution is 5.23. The zero-order valence-electron chi connectivity index (χ0n) is 13.4. The molecule has 112 valence electrons. The van der Waals surface area contributed by atoms with E-state index in [1.54, 1.807) is 0 Å². The lowest BCUT2D eigenvalue weighted by Gasteiger charge is -2.36. The van der Waals surface area contributed by atoms with Gasteiger partial charge in [-0.25, -0.2) is 0 Å². The van der Waals surface area contributed by atoms with Crippen LogP contribution in [0.4, 0.5) is 0 Å². The average molecular weight is 275 g/mol. The quantitative estimate of drug-likeness (QED) is 0.868. The molecule has 0 bridgehead atoms. The Balaban J connectivity index is 1.97. The van der Waals surface area contributed by atoms with Gasteiger partial charge in [0.2, 0.25) is 0 Å². The molecule has 1 atom stereocenters. The lowest BCUT2D eigenvalue weighted by Crippen LogP contribution is -2.30. The first-order valence-electron chi connectivity index (χ1n) is 7.87. The average Bonchev–Trinajstić information content (AvgIpc) is 2.41. The maximum absolute atomic E-state index is 6.39. The highest BCUT2D eigenvalue weighted by atomic mass is 16.5. The summed E-state index contributed by atoms with van der Waals surface area (Å²) in [7, 11) is 1.99. The first-order valence-corrected chi connectivity index (χ1v) is 7.87. The van der Waals surface area contributed by atoms with Crippen molar-refractivity contribution in [2.75, 3.05) is 13.6 Å². The van der Waals surface area contributed by atoms with Crippen molar-refractivity contribution in [3.05, 3.63) is 35.4 Å². The summed E-state index contributed by atoms with van der Waals surface area (Å²) in [5, 5.41) is 3.26. The molecule has 20 heavy (non-hydrogen) atoms. The Labute approximate surface area is 123 Å². The summed E-state index contributed by atoms with van der Waals surface area (Å²) in [6.45, 7) is 7.74. The van der Waals surface area contributed by atoms with Gasteiger partial charge < -0.3 is 10.1 Å². The molecular formula is C18H29NO. The summed E-state index contributed by atoms with van der Waals surface area (Å²) < 4.78 is 6.39. The number of ether oxygens (including phenoxy) is 1. The summed E-state index contributed by atoms with van der Waals surface area (Å²) in [4.78, 5) is 0. The van der Waals surface area contributed by atoms with E-state index in [1.165, 1.54) is 36.8 Å². The number of aryl methyl sites for hydroxylation is 1. The maximum atomic E-state index is 6.39. The van der Waals surface area contributed by atoms with Crippen molar-refractivity contribution < 1.29 is 4.74 Å². The molecule has 1 aliphatic rings. The predicted octanol–water partition coefficient (Wildman–Crippen LogP) is 4.24. The maximum Gasteiger partial charge on any atom is 0.0952 e. The molecule has 1 aliphatic carbocycles. The van der Waals surface area contributed by atoms with Gasteiger partial charge >= 0.3 is 0 Å². The van der Waals surface area contributed by atoms with Crippen LogP contribution in [0.3, 0.4) is 0 Å². The molecule has 1 aromatic carbocycles. The van der Waals surface area contributed by atoms with Crippen LogP contribution in [0.15, 0.2) is 24.3 Å². The molecule has 0 amide bonds. The third kappa shape index (κ3) is 4.32. The summed E-state index contributed by atoms with van der Waals surface area (Å²) in [5.74, 6) is 0. The summed E-state index contributed by atoms with van der Waals surface area (Å²) >= 11 is 0. The van der Waals surface area contributed by atoms with Crippen molar-refractivity contribution in [2.24, 2.45) is 5.41 Å². The van der Waals surface area contributed by atoms with Crippen LogP contribution in [0.25, 0.3) is 0 Å². The summed E-state index contributed by atoms with van der Waals surface area (Å²) in [6.07, 6.45) is 5.53. The molecule has 1 saturated carbocycles. The number of hydrogen-bond acceptors (Lipinski definition) is 2. The molecule has 2 heteroatoms. The zero-order chi connectivity index (χ0) is 14.6. The van der Waals surface area contributed by atoms with Crippen molar-refractivity contribution in [3.8, 4) is 0 Å². The van der Waals surface area contributed by atoms with Crippen LogP contribution < -0.4 is 5.32 Å². The first-order chi connectivity index (χ1) is 9.50. The number of hydrogen-bond donors (Lipinski definition) is 1.